The third-order valence-corrected chi connectivity index (χ3v) is 7.03. The minimum absolute atomic E-state index is 0.171. The maximum Gasteiger partial charge on any atom is 0.308 e. The minimum atomic E-state index is -0.438. The zero-order valence-corrected chi connectivity index (χ0v) is 19.8. The summed E-state index contributed by atoms with van der Waals surface area (Å²) in [5.74, 6) is 1.00. The summed E-state index contributed by atoms with van der Waals surface area (Å²) in [4.78, 5) is 23.2. The van der Waals surface area contributed by atoms with Crippen LogP contribution in [0.3, 0.4) is 0 Å². The predicted octanol–water partition coefficient (Wildman–Crippen LogP) is 4.01. The van der Waals surface area contributed by atoms with Gasteiger partial charge in [-0.1, -0.05) is 65.2 Å². The Morgan fingerprint density at radius 2 is 1.84 bits per heavy atom. The number of thioether (sulfide) groups is 2. The lowest BCUT2D eigenvalue weighted by molar-refractivity contribution is -0.132. The number of methoxy groups -OCH3 is 1. The van der Waals surface area contributed by atoms with E-state index in [0.29, 0.717) is 17.1 Å². The van der Waals surface area contributed by atoms with Gasteiger partial charge in [0.25, 0.3) is 5.91 Å². The second-order valence-corrected chi connectivity index (χ2v) is 9.62. The van der Waals surface area contributed by atoms with Crippen molar-refractivity contribution < 1.29 is 19.1 Å². The molecule has 0 aliphatic rings. The Kier molecular flexibility index (Phi) is 9.08. The van der Waals surface area contributed by atoms with Crippen molar-refractivity contribution in [1.82, 2.24) is 15.6 Å². The number of hydrazone groups is 1. The number of hydrogen-bond donors (Lipinski definition) is 1. The largest absolute Gasteiger partial charge is 0.493 e. The molecule has 2 aromatic carbocycles. The Labute approximate surface area is 197 Å². The normalized spacial score (nSPS) is 10.8. The van der Waals surface area contributed by atoms with Gasteiger partial charge in [0, 0.05) is 12.7 Å². The van der Waals surface area contributed by atoms with E-state index in [1.807, 2.05) is 18.2 Å². The molecule has 0 bridgehead atoms. The first-order valence-corrected chi connectivity index (χ1v) is 12.1. The van der Waals surface area contributed by atoms with E-state index in [1.54, 1.807) is 30.0 Å². The van der Waals surface area contributed by atoms with Crippen molar-refractivity contribution >= 4 is 53.0 Å². The average molecular weight is 489 g/mol. The van der Waals surface area contributed by atoms with E-state index in [9.17, 15) is 9.59 Å². The summed E-state index contributed by atoms with van der Waals surface area (Å²) in [6.45, 7) is 1.31. The molecule has 0 spiro atoms. The molecule has 0 saturated carbocycles. The van der Waals surface area contributed by atoms with Gasteiger partial charge in [0.05, 0.1) is 19.1 Å². The second-order valence-electron chi connectivity index (χ2n) is 6.19. The first kappa shape index (κ1) is 23.8. The molecule has 0 saturated heterocycles. The molecule has 3 rings (SSSR count). The van der Waals surface area contributed by atoms with Crippen LogP contribution >= 0.6 is 34.9 Å². The Bertz CT molecular complexity index is 1090. The molecule has 0 aliphatic carbocycles. The van der Waals surface area contributed by atoms with Crippen LogP contribution in [0.15, 0.2) is 62.3 Å². The van der Waals surface area contributed by atoms with E-state index in [1.165, 1.54) is 48.9 Å². The summed E-state index contributed by atoms with van der Waals surface area (Å²) in [7, 11) is 1.47. The summed E-state index contributed by atoms with van der Waals surface area (Å²) in [6.07, 6.45) is 1.48. The van der Waals surface area contributed by atoms with Crippen LogP contribution in [0.25, 0.3) is 0 Å². The molecule has 1 amide bonds. The fourth-order valence-electron chi connectivity index (χ4n) is 2.38. The fourth-order valence-corrected chi connectivity index (χ4v) is 5.14. The number of ether oxygens (including phenoxy) is 2. The molecule has 1 N–H and O–H groups in total. The number of rotatable bonds is 10. The summed E-state index contributed by atoms with van der Waals surface area (Å²) >= 11 is 4.38. The monoisotopic (exact) mass is 488 g/mol. The standard InChI is InChI=1S/C21H20N4O4S3/c1-14(26)29-17-9-8-16(10-18(17)28-2)11-22-23-19(27)13-31-21-25-24-20(32-21)30-12-15-6-4-3-5-7-15/h3-11H,12-13H2,1-2H3,(H,23,27)/b22-11-. The maximum absolute atomic E-state index is 12.0. The Hall–Kier alpha value is -2.89. The third-order valence-electron chi connectivity index (χ3n) is 3.76. The molecule has 0 atom stereocenters. The number of amides is 1. The smallest absolute Gasteiger partial charge is 0.308 e. The topological polar surface area (TPSA) is 103 Å². The molecule has 8 nitrogen and oxygen atoms in total. The highest BCUT2D eigenvalue weighted by Gasteiger charge is 2.09. The third kappa shape index (κ3) is 7.66. The van der Waals surface area contributed by atoms with Crippen LogP contribution in [-0.2, 0) is 15.3 Å². The average Bonchev–Trinajstić information content (AvgIpc) is 3.25. The highest BCUT2D eigenvalue weighted by molar-refractivity contribution is 8.03. The molecular formula is C21H20N4O4S3. The van der Waals surface area contributed by atoms with Crippen molar-refractivity contribution in [2.45, 2.75) is 21.4 Å². The van der Waals surface area contributed by atoms with Crippen molar-refractivity contribution in [3.63, 3.8) is 0 Å². The molecule has 11 heteroatoms. The van der Waals surface area contributed by atoms with E-state index in [4.69, 9.17) is 9.47 Å². The summed E-state index contributed by atoms with van der Waals surface area (Å²) in [6, 6.07) is 15.1. The zero-order chi connectivity index (χ0) is 22.8. The first-order chi connectivity index (χ1) is 15.5. The number of nitrogens with zero attached hydrogens (tertiary/aromatic N) is 3. The maximum atomic E-state index is 12.0. The van der Waals surface area contributed by atoms with Crippen LogP contribution in [0, 0.1) is 0 Å². The van der Waals surface area contributed by atoms with Crippen molar-refractivity contribution in [2.75, 3.05) is 12.9 Å². The van der Waals surface area contributed by atoms with Gasteiger partial charge in [-0.3, -0.25) is 9.59 Å². The highest BCUT2D eigenvalue weighted by Crippen LogP contribution is 2.30. The number of carbonyl (C=O) groups excluding carboxylic acids is 2. The molecule has 1 aromatic heterocycles. The summed E-state index contributed by atoms with van der Waals surface area (Å²) < 4.78 is 11.8. The van der Waals surface area contributed by atoms with Gasteiger partial charge < -0.3 is 9.47 Å². The molecule has 0 radical (unpaired) electrons. The van der Waals surface area contributed by atoms with Gasteiger partial charge in [-0.2, -0.15) is 5.10 Å². The van der Waals surface area contributed by atoms with Crippen LogP contribution in [-0.4, -0.2) is 41.2 Å². The van der Waals surface area contributed by atoms with Crippen molar-refractivity contribution in [3.8, 4) is 11.5 Å². The van der Waals surface area contributed by atoms with E-state index >= 15 is 0 Å². The SMILES string of the molecule is COc1cc(/C=N\NC(=O)CSc2nnc(SCc3ccccc3)s2)ccc1OC(C)=O. The predicted molar refractivity (Wildman–Crippen MR) is 127 cm³/mol. The lowest BCUT2D eigenvalue weighted by Crippen LogP contribution is -2.19. The number of esters is 1. The van der Waals surface area contributed by atoms with E-state index < -0.39 is 5.97 Å². The van der Waals surface area contributed by atoms with Crippen LogP contribution in [0.5, 0.6) is 11.5 Å². The van der Waals surface area contributed by atoms with Crippen LogP contribution in [0.4, 0.5) is 0 Å². The van der Waals surface area contributed by atoms with Gasteiger partial charge in [0.2, 0.25) is 0 Å². The van der Waals surface area contributed by atoms with Crippen LogP contribution in [0.2, 0.25) is 0 Å². The van der Waals surface area contributed by atoms with Crippen molar-refractivity contribution in [2.24, 2.45) is 5.10 Å². The molecule has 166 valence electrons. The quantitative estimate of drug-likeness (QED) is 0.150. The molecule has 0 unspecified atom stereocenters. The Morgan fingerprint density at radius 1 is 1.09 bits per heavy atom. The van der Waals surface area contributed by atoms with Crippen molar-refractivity contribution in [3.05, 3.63) is 59.7 Å². The lowest BCUT2D eigenvalue weighted by atomic mass is 10.2. The van der Waals surface area contributed by atoms with E-state index in [2.05, 4.69) is 32.9 Å². The van der Waals surface area contributed by atoms with Crippen LogP contribution in [0.1, 0.15) is 18.1 Å². The van der Waals surface area contributed by atoms with E-state index in [0.717, 1.165) is 14.4 Å². The van der Waals surface area contributed by atoms with Crippen molar-refractivity contribution in [1.29, 1.82) is 0 Å². The molecule has 32 heavy (non-hydrogen) atoms. The fraction of sp³-hybridized carbons (Fsp3) is 0.190. The number of carbonyl (C=O) groups is 2. The van der Waals surface area contributed by atoms with Gasteiger partial charge in [-0.15, -0.1) is 10.2 Å². The summed E-state index contributed by atoms with van der Waals surface area (Å²) in [5.41, 5.74) is 4.37. The number of hydrogen-bond acceptors (Lipinski definition) is 10. The molecule has 3 aromatic rings. The molecule has 0 aliphatic heterocycles. The Balaban J connectivity index is 1.44. The molecule has 0 fully saturated rings. The minimum Gasteiger partial charge on any atom is -0.493 e. The van der Waals surface area contributed by atoms with Crippen LogP contribution < -0.4 is 14.9 Å². The molecular weight excluding hydrogens is 468 g/mol. The zero-order valence-electron chi connectivity index (χ0n) is 17.3. The van der Waals surface area contributed by atoms with Gasteiger partial charge >= 0.3 is 5.97 Å². The highest BCUT2D eigenvalue weighted by atomic mass is 32.2. The number of benzene rings is 2. The van der Waals surface area contributed by atoms with Gasteiger partial charge in [0.15, 0.2) is 20.2 Å². The first-order valence-electron chi connectivity index (χ1n) is 9.35. The second kappa shape index (κ2) is 12.2. The van der Waals surface area contributed by atoms with Gasteiger partial charge in [-0.25, -0.2) is 5.43 Å². The number of nitrogens with one attached hydrogen (secondary N) is 1. The molecule has 1 heterocycles. The summed E-state index contributed by atoms with van der Waals surface area (Å²) in [5, 5.41) is 12.2. The Morgan fingerprint density at radius 3 is 2.56 bits per heavy atom. The van der Waals surface area contributed by atoms with Gasteiger partial charge in [-0.05, 0) is 29.3 Å². The van der Waals surface area contributed by atoms with Gasteiger partial charge in [0.1, 0.15) is 0 Å². The lowest BCUT2D eigenvalue weighted by Gasteiger charge is -2.08. The number of aromatic nitrogens is 2. The van der Waals surface area contributed by atoms with E-state index in [-0.39, 0.29) is 11.7 Å².